The van der Waals surface area contributed by atoms with Crippen LogP contribution in [0, 0.1) is 0 Å². The summed E-state index contributed by atoms with van der Waals surface area (Å²) >= 11 is 0. The second-order valence-electron chi connectivity index (χ2n) is 8.64. The number of ether oxygens (including phenoxy) is 2. The molecule has 0 aliphatic rings. The Balaban J connectivity index is 1.77. The van der Waals surface area contributed by atoms with E-state index in [0.717, 1.165) is 23.8 Å². The van der Waals surface area contributed by atoms with Gasteiger partial charge >= 0.3 is 16.3 Å². The van der Waals surface area contributed by atoms with Crippen LogP contribution in [0.5, 0.6) is 11.5 Å². The maximum Gasteiger partial charge on any atom is 0.416 e. The third-order valence-electron chi connectivity index (χ3n) is 5.51. The molecule has 0 aliphatic carbocycles. The van der Waals surface area contributed by atoms with E-state index in [9.17, 15) is 26.4 Å². The molecule has 0 spiro atoms. The Kier molecular flexibility index (Phi) is 9.40. The first-order valence-electron chi connectivity index (χ1n) is 11.6. The molecular formula is C27H28F3NO6S. The molecule has 3 aromatic rings. The Morgan fingerprint density at radius 1 is 0.921 bits per heavy atom. The number of carbonyl (C=O) groups excluding carboxylic acids is 1. The van der Waals surface area contributed by atoms with Crippen molar-refractivity contribution in [2.45, 2.75) is 44.1 Å². The molecule has 0 N–H and O–H groups in total. The molecule has 0 heterocycles. The number of halogens is 3. The van der Waals surface area contributed by atoms with E-state index in [0.29, 0.717) is 11.6 Å². The number of rotatable bonds is 11. The van der Waals surface area contributed by atoms with Gasteiger partial charge in [0.15, 0.2) is 11.5 Å². The van der Waals surface area contributed by atoms with Gasteiger partial charge in [-0.3, -0.25) is 4.79 Å². The molecule has 38 heavy (non-hydrogen) atoms. The Labute approximate surface area is 219 Å². The van der Waals surface area contributed by atoms with E-state index in [2.05, 4.69) is 0 Å². The first kappa shape index (κ1) is 29.0. The molecule has 0 saturated heterocycles. The molecular weight excluding hydrogens is 523 g/mol. The van der Waals surface area contributed by atoms with Crippen LogP contribution in [-0.2, 0) is 39.0 Å². The predicted octanol–water partition coefficient (Wildman–Crippen LogP) is 5.44. The number of carbonyl (C=O) groups is 1. The molecule has 0 atom stereocenters. The summed E-state index contributed by atoms with van der Waals surface area (Å²) in [5.41, 5.74) is 0.323. The van der Waals surface area contributed by atoms with Crippen molar-refractivity contribution >= 4 is 16.0 Å². The van der Waals surface area contributed by atoms with E-state index in [1.807, 2.05) is 44.2 Å². The molecule has 7 nitrogen and oxygen atoms in total. The summed E-state index contributed by atoms with van der Waals surface area (Å²) in [4.78, 5) is 13.8. The average Bonchev–Trinajstić information content (AvgIpc) is 2.87. The maximum absolute atomic E-state index is 13.1. The van der Waals surface area contributed by atoms with E-state index >= 15 is 0 Å². The molecule has 0 unspecified atom stereocenters. The zero-order valence-corrected chi connectivity index (χ0v) is 21.9. The standard InChI is InChI=1S/C27H28F3NO6S/c1-19(2)31(26(32)18-36-17-20-8-5-4-6-9-20)16-21-12-13-24(35-3)25(14-21)37-38(33,34)23-11-7-10-22(15-23)27(28,29)30/h4-15,19H,16-18H2,1-3H3. The van der Waals surface area contributed by atoms with Crippen molar-refractivity contribution in [2.24, 2.45) is 0 Å². The summed E-state index contributed by atoms with van der Waals surface area (Å²) in [7, 11) is -3.33. The van der Waals surface area contributed by atoms with Gasteiger partial charge < -0.3 is 18.6 Å². The zero-order chi connectivity index (χ0) is 27.9. The highest BCUT2D eigenvalue weighted by atomic mass is 32.2. The number of amides is 1. The van der Waals surface area contributed by atoms with E-state index in [4.69, 9.17) is 13.7 Å². The van der Waals surface area contributed by atoms with E-state index in [1.165, 1.54) is 19.2 Å². The van der Waals surface area contributed by atoms with Gasteiger partial charge in [-0.2, -0.15) is 21.6 Å². The third kappa shape index (κ3) is 7.72. The minimum atomic E-state index is -4.72. The number of alkyl halides is 3. The van der Waals surface area contributed by atoms with E-state index in [-0.39, 0.29) is 43.2 Å². The first-order chi connectivity index (χ1) is 17.9. The first-order valence-corrected chi connectivity index (χ1v) is 13.0. The highest BCUT2D eigenvalue weighted by Gasteiger charge is 2.32. The molecule has 1 amide bonds. The lowest BCUT2D eigenvalue weighted by Gasteiger charge is -2.27. The highest BCUT2D eigenvalue weighted by molar-refractivity contribution is 7.87. The molecule has 204 valence electrons. The fraction of sp³-hybridized carbons (Fsp3) is 0.296. The summed E-state index contributed by atoms with van der Waals surface area (Å²) in [5, 5.41) is 0. The van der Waals surface area contributed by atoms with Gasteiger partial charge in [-0.25, -0.2) is 0 Å². The molecule has 0 aromatic heterocycles. The molecule has 0 saturated carbocycles. The van der Waals surface area contributed by atoms with Gasteiger partial charge in [0.2, 0.25) is 5.91 Å². The Morgan fingerprint density at radius 3 is 2.26 bits per heavy atom. The minimum Gasteiger partial charge on any atom is -0.493 e. The van der Waals surface area contributed by atoms with Crippen molar-refractivity contribution in [3.63, 3.8) is 0 Å². The van der Waals surface area contributed by atoms with Gasteiger partial charge in [0.05, 0.1) is 19.3 Å². The van der Waals surface area contributed by atoms with Crippen LogP contribution >= 0.6 is 0 Å². The van der Waals surface area contributed by atoms with Gasteiger partial charge in [-0.05, 0) is 55.3 Å². The maximum atomic E-state index is 13.1. The van der Waals surface area contributed by atoms with Crippen LogP contribution in [0.1, 0.15) is 30.5 Å². The lowest BCUT2D eigenvalue weighted by Crippen LogP contribution is -2.38. The monoisotopic (exact) mass is 551 g/mol. The summed E-state index contributed by atoms with van der Waals surface area (Å²) in [6, 6.07) is 16.9. The molecule has 0 fully saturated rings. The summed E-state index contributed by atoms with van der Waals surface area (Å²) < 4.78 is 80.8. The van der Waals surface area contributed by atoms with Crippen LogP contribution < -0.4 is 8.92 Å². The number of hydrogen-bond donors (Lipinski definition) is 0. The second kappa shape index (κ2) is 12.3. The molecule has 0 bridgehead atoms. The van der Waals surface area contributed by atoms with Crippen molar-refractivity contribution < 1.29 is 40.0 Å². The lowest BCUT2D eigenvalue weighted by atomic mass is 10.1. The SMILES string of the molecule is COc1ccc(CN(C(=O)COCc2ccccc2)C(C)C)cc1OS(=O)(=O)c1cccc(C(F)(F)F)c1. The van der Waals surface area contributed by atoms with Gasteiger partial charge in [0.1, 0.15) is 11.5 Å². The van der Waals surface area contributed by atoms with E-state index in [1.54, 1.807) is 11.0 Å². The summed E-state index contributed by atoms with van der Waals surface area (Å²) in [5.74, 6) is -0.442. The quantitative estimate of drug-likeness (QED) is 0.296. The molecule has 3 aromatic carbocycles. The van der Waals surface area contributed by atoms with Crippen molar-refractivity contribution in [1.29, 1.82) is 0 Å². The van der Waals surface area contributed by atoms with Crippen molar-refractivity contribution in [3.05, 3.63) is 89.5 Å². The minimum absolute atomic E-state index is 0.0536. The topological polar surface area (TPSA) is 82.1 Å². The fourth-order valence-corrected chi connectivity index (χ4v) is 4.53. The normalized spacial score (nSPS) is 11.9. The third-order valence-corrected chi connectivity index (χ3v) is 6.74. The van der Waals surface area contributed by atoms with Crippen molar-refractivity contribution in [1.82, 2.24) is 4.90 Å². The molecule has 0 radical (unpaired) electrons. The zero-order valence-electron chi connectivity index (χ0n) is 21.1. The average molecular weight is 552 g/mol. The van der Waals surface area contributed by atoms with E-state index < -0.39 is 26.8 Å². The molecule has 3 rings (SSSR count). The number of hydrogen-bond acceptors (Lipinski definition) is 6. The van der Waals surface area contributed by atoms with Crippen LogP contribution in [0.4, 0.5) is 13.2 Å². The second-order valence-corrected chi connectivity index (χ2v) is 10.2. The highest BCUT2D eigenvalue weighted by Crippen LogP contribution is 2.34. The Hall–Kier alpha value is -3.57. The summed E-state index contributed by atoms with van der Waals surface area (Å²) in [6.07, 6.45) is -4.72. The smallest absolute Gasteiger partial charge is 0.416 e. The van der Waals surface area contributed by atoms with Crippen molar-refractivity contribution in [2.75, 3.05) is 13.7 Å². The number of nitrogens with zero attached hydrogens (tertiary/aromatic N) is 1. The van der Waals surface area contributed by atoms with Crippen LogP contribution in [-0.4, -0.2) is 39.0 Å². The lowest BCUT2D eigenvalue weighted by molar-refractivity contribution is -0.139. The van der Waals surface area contributed by atoms with Crippen LogP contribution in [0.3, 0.4) is 0 Å². The van der Waals surface area contributed by atoms with Gasteiger partial charge in [-0.15, -0.1) is 0 Å². The largest absolute Gasteiger partial charge is 0.493 e. The Bertz CT molecular complexity index is 1340. The molecule has 0 aliphatic heterocycles. The van der Waals surface area contributed by atoms with Crippen LogP contribution in [0.25, 0.3) is 0 Å². The van der Waals surface area contributed by atoms with Crippen LogP contribution in [0.2, 0.25) is 0 Å². The van der Waals surface area contributed by atoms with Gasteiger partial charge in [0, 0.05) is 12.6 Å². The fourth-order valence-electron chi connectivity index (χ4n) is 3.55. The summed E-state index contributed by atoms with van der Waals surface area (Å²) in [6.45, 7) is 3.88. The predicted molar refractivity (Wildman–Crippen MR) is 134 cm³/mol. The number of methoxy groups -OCH3 is 1. The Morgan fingerprint density at radius 2 is 1.63 bits per heavy atom. The number of benzene rings is 3. The van der Waals surface area contributed by atoms with Crippen molar-refractivity contribution in [3.8, 4) is 11.5 Å². The van der Waals surface area contributed by atoms with Gasteiger partial charge in [-0.1, -0.05) is 42.5 Å². The molecule has 11 heteroatoms. The van der Waals surface area contributed by atoms with Crippen LogP contribution in [0.15, 0.2) is 77.7 Å². The van der Waals surface area contributed by atoms with Gasteiger partial charge in [0.25, 0.3) is 0 Å².